The second-order valence-corrected chi connectivity index (χ2v) is 2.48. The van der Waals surface area contributed by atoms with E-state index in [1.165, 1.54) is 0 Å². The van der Waals surface area contributed by atoms with Gasteiger partial charge in [-0.1, -0.05) is 0 Å². The third-order valence-electron chi connectivity index (χ3n) is 1.51. The summed E-state index contributed by atoms with van der Waals surface area (Å²) in [6.07, 6.45) is -6.39. The molecule has 0 spiro atoms. The van der Waals surface area contributed by atoms with E-state index >= 15 is 0 Å². The molecule has 0 rings (SSSR count). The lowest BCUT2D eigenvalue weighted by molar-refractivity contribution is -0.123. The van der Waals surface area contributed by atoms with Crippen LogP contribution in [0.1, 0.15) is 0 Å². The molecule has 0 radical (unpaired) electrons. The van der Waals surface area contributed by atoms with Gasteiger partial charge in [0.25, 0.3) is 0 Å². The number of aliphatic hydroxyl groups is 6. The molecule has 4 atom stereocenters. The van der Waals surface area contributed by atoms with E-state index in [9.17, 15) is 0 Å². The van der Waals surface area contributed by atoms with Crippen LogP contribution in [0.15, 0.2) is 0 Å². The van der Waals surface area contributed by atoms with Crippen molar-refractivity contribution in [3.8, 4) is 0 Å². The molecule has 12 heavy (non-hydrogen) atoms. The summed E-state index contributed by atoms with van der Waals surface area (Å²) in [5, 5.41) is 52.2. The van der Waals surface area contributed by atoms with Gasteiger partial charge in [-0.05, 0) is 0 Å². The zero-order valence-corrected chi connectivity index (χ0v) is 6.41. The van der Waals surface area contributed by atoms with Crippen LogP contribution in [-0.2, 0) is 0 Å². The first-order chi connectivity index (χ1) is 5.54. The summed E-state index contributed by atoms with van der Waals surface area (Å²) in [7, 11) is 0. The molecule has 0 aromatic rings. The smallest absolute Gasteiger partial charge is 0.111 e. The second kappa shape index (κ2) is 5.41. The molecule has 0 heterocycles. The first kappa shape index (κ1) is 11.8. The molecule has 0 aliphatic heterocycles. The Labute approximate surface area is 69.3 Å². The molecule has 0 aliphatic rings. The molecular weight excluding hydrogens is 168 g/mol. The minimum Gasteiger partial charge on any atom is -0.394 e. The summed E-state index contributed by atoms with van der Waals surface area (Å²) in [6.45, 7) is -1.45. The average Bonchev–Trinajstić information content (AvgIpc) is 2.12. The Morgan fingerprint density at radius 2 is 0.917 bits per heavy atom. The lowest BCUT2D eigenvalue weighted by atomic mass is 10.0. The maximum absolute atomic E-state index is 8.96. The van der Waals surface area contributed by atoms with Crippen LogP contribution in [0.2, 0.25) is 0 Å². The fourth-order valence-corrected chi connectivity index (χ4v) is 0.671. The maximum Gasteiger partial charge on any atom is 0.111 e. The van der Waals surface area contributed by atoms with Gasteiger partial charge in [-0.2, -0.15) is 0 Å². The fourth-order valence-electron chi connectivity index (χ4n) is 0.671. The van der Waals surface area contributed by atoms with Crippen LogP contribution in [0, 0.1) is 0 Å². The van der Waals surface area contributed by atoms with Crippen molar-refractivity contribution in [2.75, 3.05) is 13.2 Å². The van der Waals surface area contributed by atoms with Gasteiger partial charge in [0.2, 0.25) is 0 Å². The van der Waals surface area contributed by atoms with Crippen molar-refractivity contribution in [1.29, 1.82) is 0 Å². The molecule has 6 N–H and O–H groups in total. The molecule has 0 bridgehead atoms. The van der Waals surface area contributed by atoms with Gasteiger partial charge in [0.05, 0.1) is 13.2 Å². The van der Waals surface area contributed by atoms with Crippen molar-refractivity contribution in [3.05, 3.63) is 0 Å². The third kappa shape index (κ3) is 3.02. The van der Waals surface area contributed by atoms with Gasteiger partial charge in [0, 0.05) is 0 Å². The monoisotopic (exact) mass is 182 g/mol. The van der Waals surface area contributed by atoms with Crippen LogP contribution in [0.25, 0.3) is 0 Å². The standard InChI is InChI=1S/C6H14O6/c7-1-3(9)5(11)6(12)4(10)2-8/h3-12H,1-2H2/t3-,4?,5+,6-/m1/s1. The van der Waals surface area contributed by atoms with Crippen molar-refractivity contribution in [2.24, 2.45) is 0 Å². The Balaban J connectivity index is 3.99. The highest BCUT2D eigenvalue weighted by molar-refractivity contribution is 4.79. The van der Waals surface area contributed by atoms with Gasteiger partial charge in [0.15, 0.2) is 0 Å². The van der Waals surface area contributed by atoms with E-state index in [2.05, 4.69) is 0 Å². The Morgan fingerprint density at radius 3 is 1.08 bits per heavy atom. The predicted octanol–water partition coefficient (Wildman–Crippen LogP) is -3.59. The Hall–Kier alpha value is -0.240. The van der Waals surface area contributed by atoms with Gasteiger partial charge in [-0.3, -0.25) is 0 Å². The summed E-state index contributed by atoms with van der Waals surface area (Å²) in [4.78, 5) is 0. The van der Waals surface area contributed by atoms with E-state index in [1.54, 1.807) is 0 Å². The van der Waals surface area contributed by atoms with Crippen LogP contribution in [0.5, 0.6) is 0 Å². The SMILES string of the molecule is OCC(O)[C@@H](O)[C@@H](O)[C@H](O)CO. The lowest BCUT2D eigenvalue weighted by Crippen LogP contribution is -2.46. The predicted molar refractivity (Wildman–Crippen MR) is 38.2 cm³/mol. The summed E-state index contributed by atoms with van der Waals surface area (Å²) in [6, 6.07) is 0. The molecule has 74 valence electrons. The molecule has 0 saturated carbocycles. The molecule has 1 unspecified atom stereocenters. The molecule has 0 amide bonds. The van der Waals surface area contributed by atoms with Crippen molar-refractivity contribution in [3.63, 3.8) is 0 Å². The number of rotatable bonds is 5. The first-order valence-corrected chi connectivity index (χ1v) is 3.48. The second-order valence-electron chi connectivity index (χ2n) is 2.48. The van der Waals surface area contributed by atoms with Crippen molar-refractivity contribution in [2.45, 2.75) is 24.4 Å². The molecule has 6 nitrogen and oxygen atoms in total. The fraction of sp³-hybridized carbons (Fsp3) is 1.00. The molecule has 6 heteroatoms. The Kier molecular flexibility index (Phi) is 5.31. The molecular formula is C6H14O6. The van der Waals surface area contributed by atoms with Crippen LogP contribution >= 0.6 is 0 Å². The highest BCUT2D eigenvalue weighted by atomic mass is 16.4. The molecule has 0 aliphatic carbocycles. The Morgan fingerprint density at radius 1 is 0.667 bits per heavy atom. The van der Waals surface area contributed by atoms with E-state index in [1.807, 2.05) is 0 Å². The van der Waals surface area contributed by atoms with E-state index in [0.717, 1.165) is 0 Å². The maximum atomic E-state index is 8.96. The van der Waals surface area contributed by atoms with Crippen molar-refractivity contribution in [1.82, 2.24) is 0 Å². The van der Waals surface area contributed by atoms with Crippen LogP contribution in [0.4, 0.5) is 0 Å². The number of aliphatic hydroxyl groups excluding tert-OH is 6. The Bertz CT molecular complexity index is 105. The summed E-state index contributed by atoms with van der Waals surface area (Å²) >= 11 is 0. The minimum absolute atomic E-state index is 0.726. The lowest BCUT2D eigenvalue weighted by Gasteiger charge is -2.24. The summed E-state index contributed by atoms with van der Waals surface area (Å²) in [5.74, 6) is 0. The largest absolute Gasteiger partial charge is 0.394 e. The zero-order chi connectivity index (χ0) is 9.72. The van der Waals surface area contributed by atoms with Crippen LogP contribution in [-0.4, -0.2) is 68.3 Å². The van der Waals surface area contributed by atoms with E-state index < -0.39 is 37.6 Å². The van der Waals surface area contributed by atoms with Gasteiger partial charge >= 0.3 is 0 Å². The quantitative estimate of drug-likeness (QED) is 0.261. The van der Waals surface area contributed by atoms with Gasteiger partial charge in [0.1, 0.15) is 24.4 Å². The molecule has 0 saturated heterocycles. The van der Waals surface area contributed by atoms with Crippen LogP contribution < -0.4 is 0 Å². The molecule has 0 aromatic carbocycles. The van der Waals surface area contributed by atoms with Gasteiger partial charge in [-0.15, -0.1) is 0 Å². The first-order valence-electron chi connectivity index (χ1n) is 3.48. The van der Waals surface area contributed by atoms with E-state index in [4.69, 9.17) is 30.6 Å². The van der Waals surface area contributed by atoms with Gasteiger partial charge < -0.3 is 30.6 Å². The average molecular weight is 182 g/mol. The molecule has 0 aromatic heterocycles. The van der Waals surface area contributed by atoms with Crippen molar-refractivity contribution >= 4 is 0 Å². The van der Waals surface area contributed by atoms with E-state index in [-0.39, 0.29) is 0 Å². The van der Waals surface area contributed by atoms with Gasteiger partial charge in [-0.25, -0.2) is 0 Å². The minimum atomic E-state index is -1.67. The third-order valence-corrected chi connectivity index (χ3v) is 1.51. The van der Waals surface area contributed by atoms with E-state index in [0.29, 0.717) is 0 Å². The number of hydrogen-bond acceptors (Lipinski definition) is 6. The number of hydrogen-bond donors (Lipinski definition) is 6. The molecule has 0 fully saturated rings. The zero-order valence-electron chi connectivity index (χ0n) is 6.41. The highest BCUT2D eigenvalue weighted by Crippen LogP contribution is 2.03. The van der Waals surface area contributed by atoms with Crippen molar-refractivity contribution < 1.29 is 30.6 Å². The topological polar surface area (TPSA) is 121 Å². The highest BCUT2D eigenvalue weighted by Gasteiger charge is 2.29. The van der Waals surface area contributed by atoms with Crippen LogP contribution in [0.3, 0.4) is 0 Å². The summed E-state index contributed by atoms with van der Waals surface area (Å²) < 4.78 is 0. The normalized spacial score (nSPS) is 21.5. The summed E-state index contributed by atoms with van der Waals surface area (Å²) in [5.41, 5.74) is 0.